The minimum Gasteiger partial charge on any atom is -0.357 e. The standard InChI is InChI=1S/C24H41N5O.HI/c1-5-26-24(27-12-6-7-14-29-17-19(2)15-20(3)18-29)28-13-11-21-9-8-10-22(16-21)23(30)25-4;/h8-10,16,19-20H,5-7,11-15,17-18H2,1-4H3,(H,25,30)(H2,26,27,28);1H. The van der Waals surface area contributed by atoms with Crippen molar-refractivity contribution in [3.05, 3.63) is 35.4 Å². The summed E-state index contributed by atoms with van der Waals surface area (Å²) in [5.74, 6) is 2.48. The van der Waals surface area contributed by atoms with Crippen LogP contribution in [0, 0.1) is 11.8 Å². The minimum absolute atomic E-state index is 0. The molecular formula is C24H42IN5O. The molecular weight excluding hydrogens is 501 g/mol. The van der Waals surface area contributed by atoms with Crippen LogP contribution in [0.1, 0.15) is 56.0 Å². The zero-order valence-electron chi connectivity index (χ0n) is 19.7. The highest BCUT2D eigenvalue weighted by molar-refractivity contribution is 14.0. The maximum atomic E-state index is 11.8. The number of amides is 1. The fourth-order valence-corrected chi connectivity index (χ4v) is 4.29. The van der Waals surface area contributed by atoms with E-state index in [9.17, 15) is 4.79 Å². The summed E-state index contributed by atoms with van der Waals surface area (Å²) in [6, 6.07) is 7.78. The van der Waals surface area contributed by atoms with Crippen molar-refractivity contribution < 1.29 is 4.79 Å². The molecule has 7 heteroatoms. The highest BCUT2D eigenvalue weighted by atomic mass is 127. The van der Waals surface area contributed by atoms with E-state index in [2.05, 4.69) is 47.7 Å². The lowest BCUT2D eigenvalue weighted by Crippen LogP contribution is -2.39. The number of benzene rings is 1. The van der Waals surface area contributed by atoms with Crippen molar-refractivity contribution in [1.29, 1.82) is 0 Å². The summed E-state index contributed by atoms with van der Waals surface area (Å²) in [4.78, 5) is 19.1. The average molecular weight is 544 g/mol. The molecule has 1 aromatic carbocycles. The molecule has 3 N–H and O–H groups in total. The highest BCUT2D eigenvalue weighted by Crippen LogP contribution is 2.20. The summed E-state index contributed by atoms with van der Waals surface area (Å²) in [6.45, 7) is 13.0. The van der Waals surface area contributed by atoms with E-state index in [4.69, 9.17) is 4.99 Å². The molecule has 2 rings (SSSR count). The topological polar surface area (TPSA) is 68.8 Å². The third-order valence-electron chi connectivity index (χ3n) is 5.56. The van der Waals surface area contributed by atoms with E-state index in [0.29, 0.717) is 5.56 Å². The Kier molecular flexibility index (Phi) is 13.8. The Balaban J connectivity index is 0.00000480. The monoisotopic (exact) mass is 543 g/mol. The molecule has 1 amide bonds. The zero-order chi connectivity index (χ0) is 21.8. The number of nitrogens with zero attached hydrogens (tertiary/aromatic N) is 2. The van der Waals surface area contributed by atoms with Crippen molar-refractivity contribution in [2.75, 3.05) is 46.3 Å². The molecule has 0 aliphatic carbocycles. The zero-order valence-corrected chi connectivity index (χ0v) is 22.1. The molecule has 1 fully saturated rings. The van der Waals surface area contributed by atoms with E-state index >= 15 is 0 Å². The molecule has 0 aromatic heterocycles. The minimum atomic E-state index is -0.0480. The van der Waals surface area contributed by atoms with Gasteiger partial charge in [-0.15, -0.1) is 24.0 Å². The Morgan fingerprint density at radius 2 is 1.90 bits per heavy atom. The third kappa shape index (κ3) is 10.7. The highest BCUT2D eigenvalue weighted by Gasteiger charge is 2.20. The number of halogens is 1. The predicted molar refractivity (Wildman–Crippen MR) is 142 cm³/mol. The van der Waals surface area contributed by atoms with Crippen LogP contribution in [0.2, 0.25) is 0 Å². The van der Waals surface area contributed by atoms with E-state index in [1.807, 2.05) is 18.2 Å². The molecule has 1 aromatic rings. The second-order valence-electron chi connectivity index (χ2n) is 8.63. The lowest BCUT2D eigenvalue weighted by atomic mass is 9.92. The number of hydrogen-bond donors (Lipinski definition) is 3. The van der Waals surface area contributed by atoms with Gasteiger partial charge in [-0.3, -0.25) is 9.79 Å². The van der Waals surface area contributed by atoms with Gasteiger partial charge in [0.05, 0.1) is 0 Å². The normalized spacial score (nSPS) is 19.4. The Morgan fingerprint density at radius 3 is 2.58 bits per heavy atom. The van der Waals surface area contributed by atoms with Gasteiger partial charge in [0, 0.05) is 45.3 Å². The molecule has 1 aliphatic rings. The van der Waals surface area contributed by atoms with Gasteiger partial charge >= 0.3 is 0 Å². The molecule has 1 heterocycles. The maximum absolute atomic E-state index is 11.8. The lowest BCUT2D eigenvalue weighted by molar-refractivity contribution is 0.0963. The average Bonchev–Trinajstić information content (AvgIpc) is 2.72. The SMILES string of the molecule is CCNC(=NCCCCN1CC(C)CC(C)C1)NCCc1cccc(C(=O)NC)c1.I. The van der Waals surface area contributed by atoms with Crippen molar-refractivity contribution in [2.24, 2.45) is 16.8 Å². The lowest BCUT2D eigenvalue weighted by Gasteiger charge is -2.34. The molecule has 0 saturated carbocycles. The summed E-state index contributed by atoms with van der Waals surface area (Å²) in [5.41, 5.74) is 1.84. The van der Waals surface area contributed by atoms with Gasteiger partial charge in [0.25, 0.3) is 5.91 Å². The second kappa shape index (κ2) is 15.5. The van der Waals surface area contributed by atoms with E-state index in [1.54, 1.807) is 7.05 Å². The van der Waals surface area contributed by atoms with E-state index < -0.39 is 0 Å². The van der Waals surface area contributed by atoms with Crippen molar-refractivity contribution in [1.82, 2.24) is 20.9 Å². The molecule has 0 bridgehead atoms. The molecule has 176 valence electrons. The van der Waals surface area contributed by atoms with Gasteiger partial charge in [-0.25, -0.2) is 0 Å². The van der Waals surface area contributed by atoms with Gasteiger partial charge in [0.2, 0.25) is 0 Å². The first-order valence-electron chi connectivity index (χ1n) is 11.6. The summed E-state index contributed by atoms with van der Waals surface area (Å²) in [7, 11) is 1.66. The quantitative estimate of drug-likeness (QED) is 0.183. The second-order valence-corrected chi connectivity index (χ2v) is 8.63. The molecule has 0 spiro atoms. The first kappa shape index (κ1) is 27.7. The van der Waals surface area contributed by atoms with Crippen LogP contribution >= 0.6 is 24.0 Å². The van der Waals surface area contributed by atoms with Crippen LogP contribution in [0.4, 0.5) is 0 Å². The van der Waals surface area contributed by atoms with Crippen LogP contribution in [0.3, 0.4) is 0 Å². The fourth-order valence-electron chi connectivity index (χ4n) is 4.29. The van der Waals surface area contributed by atoms with Crippen LogP contribution < -0.4 is 16.0 Å². The number of guanidine groups is 1. The van der Waals surface area contributed by atoms with Crippen LogP contribution in [-0.2, 0) is 6.42 Å². The predicted octanol–water partition coefficient (Wildman–Crippen LogP) is 3.52. The number of nitrogens with one attached hydrogen (secondary N) is 3. The number of carbonyl (C=O) groups excluding carboxylic acids is 1. The molecule has 31 heavy (non-hydrogen) atoms. The number of carbonyl (C=O) groups is 1. The first-order chi connectivity index (χ1) is 14.5. The van der Waals surface area contributed by atoms with Crippen LogP contribution in [0.25, 0.3) is 0 Å². The number of piperidine rings is 1. The molecule has 1 saturated heterocycles. The van der Waals surface area contributed by atoms with Gasteiger partial charge < -0.3 is 20.9 Å². The summed E-state index contributed by atoms with van der Waals surface area (Å²) in [6.07, 6.45) is 4.54. The van der Waals surface area contributed by atoms with Gasteiger partial charge in [0.15, 0.2) is 5.96 Å². The summed E-state index contributed by atoms with van der Waals surface area (Å²) < 4.78 is 0. The Morgan fingerprint density at radius 1 is 1.16 bits per heavy atom. The van der Waals surface area contributed by atoms with E-state index in [1.165, 1.54) is 32.5 Å². The number of likely N-dealkylation sites (tertiary alicyclic amines) is 1. The first-order valence-corrected chi connectivity index (χ1v) is 11.6. The summed E-state index contributed by atoms with van der Waals surface area (Å²) in [5, 5.41) is 9.41. The molecule has 1 aliphatic heterocycles. The number of rotatable bonds is 10. The molecule has 0 radical (unpaired) electrons. The Hall–Kier alpha value is -1.35. The van der Waals surface area contributed by atoms with Crippen LogP contribution in [-0.4, -0.2) is 63.1 Å². The van der Waals surface area contributed by atoms with Crippen molar-refractivity contribution >= 4 is 35.8 Å². The molecule has 2 atom stereocenters. The number of unbranched alkanes of at least 4 members (excludes halogenated alkanes) is 1. The molecule has 6 nitrogen and oxygen atoms in total. The van der Waals surface area contributed by atoms with Crippen molar-refractivity contribution in [2.45, 2.75) is 46.5 Å². The van der Waals surface area contributed by atoms with Gasteiger partial charge in [0.1, 0.15) is 0 Å². The smallest absolute Gasteiger partial charge is 0.251 e. The van der Waals surface area contributed by atoms with Crippen LogP contribution in [0.15, 0.2) is 29.3 Å². The van der Waals surface area contributed by atoms with E-state index in [0.717, 1.165) is 55.8 Å². The molecule has 2 unspecified atom stereocenters. The van der Waals surface area contributed by atoms with Crippen LogP contribution in [0.5, 0.6) is 0 Å². The van der Waals surface area contributed by atoms with Crippen molar-refractivity contribution in [3.8, 4) is 0 Å². The van der Waals surface area contributed by atoms with Gasteiger partial charge in [-0.2, -0.15) is 0 Å². The number of aliphatic imine (C=N–C) groups is 1. The van der Waals surface area contributed by atoms with Crippen molar-refractivity contribution in [3.63, 3.8) is 0 Å². The maximum Gasteiger partial charge on any atom is 0.251 e. The summed E-state index contributed by atoms with van der Waals surface area (Å²) >= 11 is 0. The van der Waals surface area contributed by atoms with E-state index in [-0.39, 0.29) is 29.9 Å². The Labute approximate surface area is 206 Å². The Bertz CT molecular complexity index is 672. The largest absolute Gasteiger partial charge is 0.357 e. The third-order valence-corrected chi connectivity index (χ3v) is 5.56. The van der Waals surface area contributed by atoms with Gasteiger partial charge in [-0.05, 0) is 68.7 Å². The fraction of sp³-hybridized carbons (Fsp3) is 0.667. The van der Waals surface area contributed by atoms with Gasteiger partial charge in [-0.1, -0.05) is 26.0 Å². The number of hydrogen-bond acceptors (Lipinski definition) is 3.